The summed E-state index contributed by atoms with van der Waals surface area (Å²) in [7, 11) is 0. The monoisotopic (exact) mass is 584 g/mol. The van der Waals surface area contributed by atoms with E-state index in [1.54, 1.807) is 11.0 Å². The number of esters is 1. The van der Waals surface area contributed by atoms with E-state index in [9.17, 15) is 24.6 Å². The Bertz CT molecular complexity index is 1160. The number of rotatable bonds is 9. The third-order valence-corrected chi connectivity index (χ3v) is 11.3. The SMILES string of the molecule is CC(CC1CCC(C)(C)C1(C)C)OC(=O)C1(C)CCCN1C(=O)C(NC(=O)Cc1ccc(O)c(O)c1)C1CCCCC1. The summed E-state index contributed by atoms with van der Waals surface area (Å²) in [6.45, 7) is 13.5. The summed E-state index contributed by atoms with van der Waals surface area (Å²) in [6.07, 6.45) is 8.84. The van der Waals surface area contributed by atoms with Crippen molar-refractivity contribution >= 4 is 17.8 Å². The minimum Gasteiger partial charge on any atom is -0.504 e. The fourth-order valence-electron chi connectivity index (χ4n) is 7.58. The maximum Gasteiger partial charge on any atom is 0.332 e. The lowest BCUT2D eigenvalue weighted by Crippen LogP contribution is -2.59. The third kappa shape index (κ3) is 6.57. The molecule has 0 radical (unpaired) electrons. The maximum absolute atomic E-state index is 14.2. The van der Waals surface area contributed by atoms with Crippen LogP contribution in [0.15, 0.2) is 18.2 Å². The van der Waals surface area contributed by atoms with Crippen molar-refractivity contribution in [1.82, 2.24) is 10.2 Å². The molecule has 3 aliphatic rings. The quantitative estimate of drug-likeness (QED) is 0.247. The summed E-state index contributed by atoms with van der Waals surface area (Å²) in [5.74, 6) is -0.984. The lowest BCUT2D eigenvalue weighted by molar-refractivity contribution is -0.166. The fraction of sp³-hybridized carbons (Fsp3) is 0.735. The van der Waals surface area contributed by atoms with Gasteiger partial charge in [0.1, 0.15) is 11.6 Å². The number of carbonyl (C=O) groups excluding carboxylic acids is 3. The Morgan fingerprint density at radius 3 is 2.29 bits per heavy atom. The molecule has 0 aromatic heterocycles. The normalized spacial score (nSPS) is 26.9. The van der Waals surface area contributed by atoms with Gasteiger partial charge in [0.25, 0.3) is 0 Å². The van der Waals surface area contributed by atoms with Gasteiger partial charge in [0, 0.05) is 6.54 Å². The second-order valence-electron chi connectivity index (χ2n) is 14.6. The molecule has 2 amide bonds. The standard InChI is InChI=1S/C34H52N2O6/c1-22(19-25-15-17-32(2,3)33(25,4)5)42-31(41)34(6)16-10-18-36(34)30(40)29(24-11-8-7-9-12-24)35-28(39)21-23-13-14-26(37)27(38)20-23/h13-14,20,22,24-25,29,37-38H,7-12,15-19,21H2,1-6H3,(H,35,39). The minimum atomic E-state index is -1.07. The topological polar surface area (TPSA) is 116 Å². The van der Waals surface area contributed by atoms with E-state index in [-0.39, 0.29) is 58.6 Å². The Hall–Kier alpha value is -2.77. The van der Waals surface area contributed by atoms with Crippen LogP contribution < -0.4 is 5.32 Å². The second kappa shape index (κ2) is 12.5. The molecule has 8 nitrogen and oxygen atoms in total. The number of aromatic hydroxyl groups is 2. The van der Waals surface area contributed by atoms with Crippen molar-refractivity contribution in [3.8, 4) is 11.5 Å². The van der Waals surface area contributed by atoms with Crippen LogP contribution in [-0.2, 0) is 25.5 Å². The highest BCUT2D eigenvalue weighted by atomic mass is 16.5. The molecule has 2 aliphatic carbocycles. The molecule has 42 heavy (non-hydrogen) atoms. The van der Waals surface area contributed by atoms with E-state index < -0.39 is 11.6 Å². The summed E-state index contributed by atoms with van der Waals surface area (Å²) in [6, 6.07) is 3.55. The average Bonchev–Trinajstić information content (AvgIpc) is 3.42. The van der Waals surface area contributed by atoms with Gasteiger partial charge in [-0.25, -0.2) is 4.79 Å². The molecule has 4 rings (SSSR count). The Kier molecular flexibility index (Phi) is 9.53. The Labute approximate surface area is 251 Å². The van der Waals surface area contributed by atoms with Gasteiger partial charge in [-0.3, -0.25) is 9.59 Å². The number of nitrogens with zero attached hydrogens (tertiary/aromatic N) is 1. The minimum absolute atomic E-state index is 0.00355. The van der Waals surface area contributed by atoms with E-state index in [1.165, 1.54) is 12.1 Å². The summed E-state index contributed by atoms with van der Waals surface area (Å²) in [4.78, 5) is 42.8. The van der Waals surface area contributed by atoms with Gasteiger partial charge in [-0.15, -0.1) is 0 Å². The van der Waals surface area contributed by atoms with E-state index >= 15 is 0 Å². The van der Waals surface area contributed by atoms with E-state index in [4.69, 9.17) is 4.74 Å². The number of carbonyl (C=O) groups is 3. The first-order valence-corrected chi connectivity index (χ1v) is 16.0. The predicted octanol–water partition coefficient (Wildman–Crippen LogP) is 5.87. The molecular formula is C34H52N2O6. The molecule has 0 spiro atoms. The Balaban J connectivity index is 1.46. The highest BCUT2D eigenvalue weighted by Gasteiger charge is 2.51. The van der Waals surface area contributed by atoms with Gasteiger partial charge in [-0.05, 0) is 99.2 Å². The summed E-state index contributed by atoms with van der Waals surface area (Å²) in [5.41, 5.74) is -0.147. The molecule has 3 fully saturated rings. The van der Waals surface area contributed by atoms with E-state index in [0.717, 1.165) is 51.4 Å². The van der Waals surface area contributed by atoms with Crippen molar-refractivity contribution in [1.29, 1.82) is 0 Å². The molecule has 234 valence electrons. The lowest BCUT2D eigenvalue weighted by Gasteiger charge is -2.41. The first-order valence-electron chi connectivity index (χ1n) is 16.0. The van der Waals surface area contributed by atoms with Crippen LogP contribution in [0.2, 0.25) is 0 Å². The summed E-state index contributed by atoms with van der Waals surface area (Å²) < 4.78 is 6.08. The van der Waals surface area contributed by atoms with Gasteiger partial charge in [0.15, 0.2) is 11.5 Å². The average molecular weight is 585 g/mol. The fourth-order valence-corrected chi connectivity index (χ4v) is 7.58. The van der Waals surface area contributed by atoms with Gasteiger partial charge in [0.2, 0.25) is 11.8 Å². The first-order chi connectivity index (χ1) is 19.7. The van der Waals surface area contributed by atoms with Crippen LogP contribution in [0.25, 0.3) is 0 Å². The highest BCUT2D eigenvalue weighted by Crippen LogP contribution is 2.57. The van der Waals surface area contributed by atoms with Crippen molar-refractivity contribution < 1.29 is 29.3 Å². The van der Waals surface area contributed by atoms with Crippen LogP contribution in [0, 0.1) is 22.7 Å². The highest BCUT2D eigenvalue weighted by molar-refractivity contribution is 5.93. The zero-order valence-corrected chi connectivity index (χ0v) is 26.5. The zero-order valence-electron chi connectivity index (χ0n) is 26.5. The van der Waals surface area contributed by atoms with Gasteiger partial charge in [0.05, 0.1) is 12.5 Å². The molecule has 3 N–H and O–H groups in total. The molecule has 1 saturated heterocycles. The van der Waals surface area contributed by atoms with Crippen molar-refractivity contribution in [2.45, 2.75) is 130 Å². The van der Waals surface area contributed by atoms with E-state index in [0.29, 0.717) is 30.9 Å². The number of hydrogen-bond donors (Lipinski definition) is 3. The molecule has 0 bridgehead atoms. The number of ether oxygens (including phenoxy) is 1. The van der Waals surface area contributed by atoms with Gasteiger partial charge in [-0.1, -0.05) is 53.0 Å². The van der Waals surface area contributed by atoms with E-state index in [2.05, 4.69) is 33.0 Å². The molecule has 1 aromatic rings. The maximum atomic E-state index is 14.2. The van der Waals surface area contributed by atoms with Gasteiger partial charge in [-0.2, -0.15) is 0 Å². The number of phenolic OH excluding ortho intramolecular Hbond substituents is 2. The second-order valence-corrected chi connectivity index (χ2v) is 14.6. The number of phenols is 2. The molecule has 1 aliphatic heterocycles. The Morgan fingerprint density at radius 2 is 1.67 bits per heavy atom. The molecule has 1 heterocycles. The summed E-state index contributed by atoms with van der Waals surface area (Å²) >= 11 is 0. The summed E-state index contributed by atoms with van der Waals surface area (Å²) in [5, 5.41) is 22.5. The van der Waals surface area contributed by atoms with E-state index in [1.807, 2.05) is 13.8 Å². The lowest BCUT2D eigenvalue weighted by atomic mass is 9.66. The molecule has 1 aromatic carbocycles. The molecule has 4 unspecified atom stereocenters. The van der Waals surface area contributed by atoms with Crippen LogP contribution in [0.1, 0.15) is 111 Å². The number of nitrogens with one attached hydrogen (secondary N) is 1. The molecular weight excluding hydrogens is 532 g/mol. The van der Waals surface area contributed by atoms with Gasteiger partial charge < -0.3 is 25.2 Å². The first kappa shape index (κ1) is 32.2. The predicted molar refractivity (Wildman–Crippen MR) is 162 cm³/mol. The molecule has 2 saturated carbocycles. The van der Waals surface area contributed by atoms with Crippen LogP contribution in [0.3, 0.4) is 0 Å². The van der Waals surface area contributed by atoms with Crippen LogP contribution in [-0.4, -0.2) is 57.1 Å². The third-order valence-electron chi connectivity index (χ3n) is 11.3. The van der Waals surface area contributed by atoms with Gasteiger partial charge >= 0.3 is 5.97 Å². The zero-order chi connectivity index (χ0) is 30.9. The van der Waals surface area contributed by atoms with Crippen molar-refractivity contribution in [3.05, 3.63) is 23.8 Å². The van der Waals surface area contributed by atoms with Crippen molar-refractivity contribution in [3.63, 3.8) is 0 Å². The van der Waals surface area contributed by atoms with Crippen LogP contribution >= 0.6 is 0 Å². The van der Waals surface area contributed by atoms with Crippen LogP contribution in [0.4, 0.5) is 0 Å². The number of hydrogen-bond acceptors (Lipinski definition) is 6. The van der Waals surface area contributed by atoms with Crippen molar-refractivity contribution in [2.75, 3.05) is 6.54 Å². The van der Waals surface area contributed by atoms with Crippen LogP contribution in [0.5, 0.6) is 11.5 Å². The van der Waals surface area contributed by atoms with Crippen molar-refractivity contribution in [2.24, 2.45) is 22.7 Å². The smallest absolute Gasteiger partial charge is 0.332 e. The molecule has 4 atom stereocenters. The number of amides is 2. The molecule has 8 heteroatoms. The number of likely N-dealkylation sites (tertiary alicyclic amines) is 1. The Morgan fingerprint density at radius 1 is 0.976 bits per heavy atom. The number of benzene rings is 1. The largest absolute Gasteiger partial charge is 0.504 e.